The maximum absolute atomic E-state index is 12.1. The number of ether oxygens (including phenoxy) is 1. The fourth-order valence-electron chi connectivity index (χ4n) is 2.58. The van der Waals surface area contributed by atoms with Gasteiger partial charge in [0, 0.05) is 10.7 Å². The summed E-state index contributed by atoms with van der Waals surface area (Å²) in [6, 6.07) is 5.33. The molecule has 2 atom stereocenters. The largest absolute Gasteiger partial charge is 0.481 e. The number of nitrogens with zero attached hydrogens (tertiary/aromatic N) is 1. The van der Waals surface area contributed by atoms with Gasteiger partial charge >= 0.3 is 0 Å². The second-order valence-electron chi connectivity index (χ2n) is 6.03. The van der Waals surface area contributed by atoms with Gasteiger partial charge in [-0.25, -0.2) is 5.43 Å². The van der Waals surface area contributed by atoms with Gasteiger partial charge in [-0.05, 0) is 69.2 Å². The molecule has 0 radical (unpaired) electrons. The van der Waals surface area contributed by atoms with E-state index in [1.54, 1.807) is 19.1 Å². The maximum Gasteiger partial charge on any atom is 0.280 e. The predicted octanol–water partition coefficient (Wildman–Crippen LogP) is 4.10. The van der Waals surface area contributed by atoms with Crippen LogP contribution in [0.2, 0.25) is 5.02 Å². The van der Waals surface area contributed by atoms with Crippen molar-refractivity contribution in [2.75, 3.05) is 0 Å². The van der Waals surface area contributed by atoms with Crippen molar-refractivity contribution >= 4 is 23.2 Å². The van der Waals surface area contributed by atoms with Gasteiger partial charge in [0.2, 0.25) is 0 Å². The lowest BCUT2D eigenvalue weighted by atomic mass is 9.89. The molecule has 1 aliphatic rings. The minimum Gasteiger partial charge on any atom is -0.481 e. The second-order valence-corrected chi connectivity index (χ2v) is 6.46. The molecular weight excluding hydrogens is 300 g/mol. The Morgan fingerprint density at radius 3 is 2.95 bits per heavy atom. The lowest BCUT2D eigenvalue weighted by Crippen LogP contribution is -2.34. The number of halogens is 1. The molecule has 0 saturated heterocycles. The van der Waals surface area contributed by atoms with Gasteiger partial charge in [-0.15, -0.1) is 0 Å². The highest BCUT2D eigenvalue weighted by molar-refractivity contribution is 6.30. The van der Waals surface area contributed by atoms with Crippen LogP contribution in [0.3, 0.4) is 0 Å². The average Bonchev–Trinajstić information content (AvgIpc) is 2.47. The SMILES string of the molecule is Cc1cc(Cl)ccc1OC(C)C(=O)N/N=C1/CCCC(C)C1. The van der Waals surface area contributed by atoms with Crippen LogP contribution in [0.5, 0.6) is 5.75 Å². The van der Waals surface area contributed by atoms with E-state index in [9.17, 15) is 4.79 Å². The number of hydrazone groups is 1. The minimum absolute atomic E-state index is 0.236. The highest BCUT2D eigenvalue weighted by Gasteiger charge is 2.17. The summed E-state index contributed by atoms with van der Waals surface area (Å²) in [5.74, 6) is 1.07. The van der Waals surface area contributed by atoms with Crippen molar-refractivity contribution in [2.45, 2.75) is 52.6 Å². The number of carbonyl (C=O) groups is 1. The summed E-state index contributed by atoms with van der Waals surface area (Å²) >= 11 is 5.91. The van der Waals surface area contributed by atoms with Crippen molar-refractivity contribution in [3.05, 3.63) is 28.8 Å². The quantitative estimate of drug-likeness (QED) is 0.848. The molecule has 1 aromatic carbocycles. The molecule has 1 aromatic rings. The standard InChI is InChI=1S/C17H23ClN2O2/c1-11-5-4-6-15(9-11)19-20-17(21)13(3)22-16-8-7-14(18)10-12(16)2/h7-8,10-11,13H,4-6,9H2,1-3H3,(H,20,21)/b19-15-. The number of aryl methyl sites for hydroxylation is 1. The molecule has 1 fully saturated rings. The zero-order valence-corrected chi connectivity index (χ0v) is 14.1. The predicted molar refractivity (Wildman–Crippen MR) is 89.5 cm³/mol. The zero-order chi connectivity index (χ0) is 16.1. The van der Waals surface area contributed by atoms with E-state index in [1.165, 1.54) is 6.42 Å². The van der Waals surface area contributed by atoms with Gasteiger partial charge in [-0.3, -0.25) is 4.79 Å². The molecule has 5 heteroatoms. The van der Waals surface area contributed by atoms with Crippen molar-refractivity contribution in [1.29, 1.82) is 0 Å². The van der Waals surface area contributed by atoms with Crippen molar-refractivity contribution < 1.29 is 9.53 Å². The minimum atomic E-state index is -0.606. The van der Waals surface area contributed by atoms with Crippen LogP contribution in [0, 0.1) is 12.8 Å². The molecule has 0 spiro atoms. The lowest BCUT2D eigenvalue weighted by molar-refractivity contribution is -0.127. The van der Waals surface area contributed by atoms with E-state index < -0.39 is 6.10 Å². The van der Waals surface area contributed by atoms with Gasteiger partial charge in [-0.2, -0.15) is 5.10 Å². The van der Waals surface area contributed by atoms with Crippen LogP contribution >= 0.6 is 11.6 Å². The Kier molecular flexibility index (Phi) is 5.83. The third-order valence-corrected chi connectivity index (χ3v) is 4.12. The van der Waals surface area contributed by atoms with E-state index >= 15 is 0 Å². The van der Waals surface area contributed by atoms with E-state index in [0.29, 0.717) is 16.7 Å². The van der Waals surface area contributed by atoms with Crippen molar-refractivity contribution in [2.24, 2.45) is 11.0 Å². The Bertz CT molecular complexity index is 572. The summed E-state index contributed by atoms with van der Waals surface area (Å²) in [6.07, 6.45) is 3.71. The van der Waals surface area contributed by atoms with Crippen LogP contribution in [-0.4, -0.2) is 17.7 Å². The summed E-state index contributed by atoms with van der Waals surface area (Å²) in [6.45, 7) is 5.83. The van der Waals surface area contributed by atoms with Crippen LogP contribution in [0.25, 0.3) is 0 Å². The average molecular weight is 323 g/mol. The van der Waals surface area contributed by atoms with Gasteiger partial charge in [0.15, 0.2) is 6.10 Å². The summed E-state index contributed by atoms with van der Waals surface area (Å²) in [5.41, 5.74) is 4.60. The summed E-state index contributed by atoms with van der Waals surface area (Å²) in [7, 11) is 0. The molecule has 120 valence electrons. The molecule has 22 heavy (non-hydrogen) atoms. The highest BCUT2D eigenvalue weighted by atomic mass is 35.5. The molecule has 2 rings (SSSR count). The second kappa shape index (κ2) is 7.63. The first-order valence-corrected chi connectivity index (χ1v) is 8.11. The topological polar surface area (TPSA) is 50.7 Å². The van der Waals surface area contributed by atoms with Crippen LogP contribution in [0.4, 0.5) is 0 Å². The number of rotatable bonds is 4. The molecule has 1 saturated carbocycles. The monoisotopic (exact) mass is 322 g/mol. The fourth-order valence-corrected chi connectivity index (χ4v) is 2.80. The third-order valence-electron chi connectivity index (χ3n) is 3.88. The normalized spacial score (nSPS) is 21.5. The molecule has 0 bridgehead atoms. The fraction of sp³-hybridized carbons (Fsp3) is 0.529. The van der Waals surface area contributed by atoms with Crippen LogP contribution in [-0.2, 0) is 4.79 Å². The van der Waals surface area contributed by atoms with Gasteiger partial charge in [0.05, 0.1) is 0 Å². The molecule has 2 unspecified atom stereocenters. The van der Waals surface area contributed by atoms with E-state index in [0.717, 1.165) is 30.5 Å². The summed E-state index contributed by atoms with van der Waals surface area (Å²) < 4.78 is 5.68. The molecule has 0 aliphatic heterocycles. The van der Waals surface area contributed by atoms with Crippen LogP contribution < -0.4 is 10.2 Å². The van der Waals surface area contributed by atoms with Crippen molar-refractivity contribution in [3.8, 4) is 5.75 Å². The van der Waals surface area contributed by atoms with Crippen molar-refractivity contribution in [1.82, 2.24) is 5.43 Å². The van der Waals surface area contributed by atoms with E-state index in [2.05, 4.69) is 17.5 Å². The molecule has 1 amide bonds. The van der Waals surface area contributed by atoms with Gasteiger partial charge in [0.1, 0.15) is 5.75 Å². The number of benzene rings is 1. The molecule has 4 nitrogen and oxygen atoms in total. The highest BCUT2D eigenvalue weighted by Crippen LogP contribution is 2.23. The first-order valence-electron chi connectivity index (χ1n) is 7.74. The van der Waals surface area contributed by atoms with Gasteiger partial charge in [-0.1, -0.05) is 18.5 Å². The Morgan fingerprint density at radius 1 is 1.50 bits per heavy atom. The lowest BCUT2D eigenvalue weighted by Gasteiger charge is -2.19. The first-order chi connectivity index (χ1) is 10.5. The third kappa shape index (κ3) is 4.73. The Balaban J connectivity index is 1.90. The first kappa shape index (κ1) is 16.8. The van der Waals surface area contributed by atoms with E-state index in [-0.39, 0.29) is 5.91 Å². The number of hydrogen-bond donors (Lipinski definition) is 1. The summed E-state index contributed by atoms with van der Waals surface area (Å²) in [5, 5.41) is 4.90. The molecule has 0 aromatic heterocycles. The smallest absolute Gasteiger partial charge is 0.280 e. The Morgan fingerprint density at radius 2 is 2.27 bits per heavy atom. The van der Waals surface area contributed by atoms with Crippen LogP contribution in [0.1, 0.15) is 45.1 Å². The zero-order valence-electron chi connectivity index (χ0n) is 13.4. The van der Waals surface area contributed by atoms with E-state index in [1.807, 2.05) is 13.0 Å². The molecular formula is C17H23ClN2O2. The number of amides is 1. The molecule has 1 N–H and O–H groups in total. The summed E-state index contributed by atoms with van der Waals surface area (Å²) in [4.78, 5) is 12.1. The van der Waals surface area contributed by atoms with Crippen molar-refractivity contribution in [3.63, 3.8) is 0 Å². The maximum atomic E-state index is 12.1. The Hall–Kier alpha value is -1.55. The number of hydrogen-bond acceptors (Lipinski definition) is 3. The van der Waals surface area contributed by atoms with Gasteiger partial charge < -0.3 is 4.74 Å². The van der Waals surface area contributed by atoms with E-state index in [4.69, 9.17) is 16.3 Å². The number of nitrogens with one attached hydrogen (secondary N) is 1. The van der Waals surface area contributed by atoms with Crippen LogP contribution in [0.15, 0.2) is 23.3 Å². The molecule has 0 heterocycles. The van der Waals surface area contributed by atoms with Gasteiger partial charge in [0.25, 0.3) is 5.91 Å². The Labute approximate surface area is 136 Å². The molecule has 1 aliphatic carbocycles. The number of carbonyl (C=O) groups excluding carboxylic acids is 1.